The Kier molecular flexibility index (Phi) is 3.40. The Labute approximate surface area is 98.4 Å². The van der Waals surface area contributed by atoms with Crippen molar-refractivity contribution in [3.8, 4) is 0 Å². The molecule has 0 aliphatic rings. The number of ether oxygens (including phenoxy) is 1. The van der Waals surface area contributed by atoms with Crippen molar-refractivity contribution in [1.82, 2.24) is 4.98 Å². The van der Waals surface area contributed by atoms with E-state index in [4.69, 9.17) is 9.15 Å². The lowest BCUT2D eigenvalue weighted by Crippen LogP contribution is -2.13. The monoisotopic (exact) mass is 232 g/mol. The van der Waals surface area contributed by atoms with Crippen molar-refractivity contribution in [2.24, 2.45) is 0 Å². The van der Waals surface area contributed by atoms with Gasteiger partial charge in [-0.1, -0.05) is 30.3 Å². The molecule has 0 fully saturated rings. The van der Waals surface area contributed by atoms with E-state index in [1.165, 1.54) is 6.20 Å². The number of carbonyl (C=O) groups excluding carboxylic acids is 1. The fraction of sp³-hybridized carbons (Fsp3) is 0.167. The quantitative estimate of drug-likeness (QED) is 0.883. The van der Waals surface area contributed by atoms with Gasteiger partial charge in [0.1, 0.15) is 12.4 Å². The maximum Gasteiger partial charge on any atom is 0.415 e. The summed E-state index contributed by atoms with van der Waals surface area (Å²) in [6.45, 7) is 1.96. The third-order valence-electron chi connectivity index (χ3n) is 2.04. The number of aryl methyl sites for hydroxylation is 1. The minimum absolute atomic E-state index is 0.139. The van der Waals surface area contributed by atoms with Gasteiger partial charge in [-0.15, -0.1) is 0 Å². The van der Waals surface area contributed by atoms with E-state index in [2.05, 4.69) is 10.3 Å². The molecule has 0 unspecified atom stereocenters. The number of anilines is 1. The summed E-state index contributed by atoms with van der Waals surface area (Å²) in [7, 11) is 0. The molecule has 0 spiro atoms. The Hall–Kier alpha value is -2.30. The zero-order valence-corrected chi connectivity index (χ0v) is 9.34. The average molecular weight is 232 g/mol. The van der Waals surface area contributed by atoms with Crippen LogP contribution in [0.4, 0.5) is 10.8 Å². The molecule has 1 aromatic heterocycles. The largest absolute Gasteiger partial charge is 0.444 e. The second-order valence-electron chi connectivity index (χ2n) is 3.46. The van der Waals surface area contributed by atoms with Crippen LogP contribution in [-0.4, -0.2) is 11.1 Å². The molecular weight excluding hydrogens is 220 g/mol. The summed E-state index contributed by atoms with van der Waals surface area (Å²) in [6, 6.07) is 9.56. The summed E-state index contributed by atoms with van der Waals surface area (Å²) < 4.78 is 10.1. The molecule has 0 aliphatic heterocycles. The van der Waals surface area contributed by atoms with Gasteiger partial charge in [-0.25, -0.2) is 15.1 Å². The first kappa shape index (κ1) is 11.2. The molecule has 1 aromatic carbocycles. The number of rotatable bonds is 3. The number of hydrogen-bond acceptors (Lipinski definition) is 4. The summed E-state index contributed by atoms with van der Waals surface area (Å²) in [5.74, 6) is 0.628. The minimum atomic E-state index is -0.587. The number of oxazole rings is 1. The van der Waals surface area contributed by atoms with Gasteiger partial charge in [-0.05, 0) is 12.5 Å². The Bertz CT molecular complexity index is 493. The first-order valence-corrected chi connectivity index (χ1v) is 5.14. The lowest BCUT2D eigenvalue weighted by atomic mass is 10.2. The maximum absolute atomic E-state index is 11.4. The molecule has 0 aliphatic carbocycles. The molecule has 5 nitrogen and oxygen atoms in total. The average Bonchev–Trinajstić information content (AvgIpc) is 2.73. The molecule has 1 amide bonds. The number of nitrogens with zero attached hydrogens (tertiary/aromatic N) is 1. The lowest BCUT2D eigenvalue weighted by molar-refractivity contribution is 0.154. The normalized spacial score (nSPS) is 9.94. The van der Waals surface area contributed by atoms with Crippen molar-refractivity contribution in [3.05, 3.63) is 47.9 Å². The van der Waals surface area contributed by atoms with Crippen molar-refractivity contribution in [3.63, 3.8) is 0 Å². The van der Waals surface area contributed by atoms with E-state index >= 15 is 0 Å². The van der Waals surface area contributed by atoms with E-state index in [1.54, 1.807) is 6.92 Å². The molecule has 0 saturated heterocycles. The van der Waals surface area contributed by atoms with Crippen molar-refractivity contribution >= 4 is 12.1 Å². The van der Waals surface area contributed by atoms with Gasteiger partial charge in [0, 0.05) is 0 Å². The van der Waals surface area contributed by atoms with Crippen molar-refractivity contribution in [1.29, 1.82) is 0 Å². The zero-order valence-electron chi connectivity index (χ0n) is 9.34. The molecule has 17 heavy (non-hydrogen) atoms. The van der Waals surface area contributed by atoms with Crippen LogP contribution in [0.5, 0.6) is 0 Å². The van der Waals surface area contributed by atoms with Gasteiger partial charge in [0.05, 0.1) is 6.20 Å². The maximum atomic E-state index is 11.4. The third-order valence-corrected chi connectivity index (χ3v) is 2.04. The van der Waals surface area contributed by atoms with Gasteiger partial charge < -0.3 is 9.15 Å². The number of aromatic nitrogens is 1. The molecular formula is C12H12N2O3. The first-order valence-electron chi connectivity index (χ1n) is 5.14. The molecule has 1 N–H and O–H groups in total. The van der Waals surface area contributed by atoms with Gasteiger partial charge in [0.2, 0.25) is 0 Å². The van der Waals surface area contributed by atoms with Crippen LogP contribution in [0.25, 0.3) is 0 Å². The molecule has 2 rings (SSSR count). The minimum Gasteiger partial charge on any atom is -0.444 e. The first-order chi connectivity index (χ1) is 8.24. The molecule has 1 heterocycles. The fourth-order valence-corrected chi connectivity index (χ4v) is 1.26. The predicted molar refractivity (Wildman–Crippen MR) is 61.5 cm³/mol. The van der Waals surface area contributed by atoms with Crippen LogP contribution < -0.4 is 5.32 Å². The van der Waals surface area contributed by atoms with E-state index < -0.39 is 6.09 Å². The third kappa shape index (κ3) is 3.34. The Morgan fingerprint density at radius 3 is 2.82 bits per heavy atom. The number of nitrogens with one attached hydrogen (secondary N) is 1. The van der Waals surface area contributed by atoms with Crippen molar-refractivity contribution in [2.75, 3.05) is 5.32 Å². The highest BCUT2D eigenvalue weighted by molar-refractivity contribution is 5.81. The molecule has 2 aromatic rings. The van der Waals surface area contributed by atoms with E-state index in [9.17, 15) is 4.79 Å². The van der Waals surface area contributed by atoms with Crippen LogP contribution in [0.15, 0.2) is 40.9 Å². The molecule has 88 valence electrons. The van der Waals surface area contributed by atoms with Gasteiger partial charge in [-0.3, -0.25) is 0 Å². The molecule has 0 atom stereocenters. The number of benzene rings is 1. The second-order valence-corrected chi connectivity index (χ2v) is 3.46. The highest BCUT2D eigenvalue weighted by Crippen LogP contribution is 2.08. The number of carbonyl (C=O) groups is 1. The molecule has 0 radical (unpaired) electrons. The van der Waals surface area contributed by atoms with Crippen LogP contribution in [0.2, 0.25) is 0 Å². The summed E-state index contributed by atoms with van der Waals surface area (Å²) in [5, 5.41) is 2.39. The fourth-order valence-electron chi connectivity index (χ4n) is 1.26. The summed E-state index contributed by atoms with van der Waals surface area (Å²) >= 11 is 0. The van der Waals surface area contributed by atoms with E-state index in [0.29, 0.717) is 5.76 Å². The zero-order chi connectivity index (χ0) is 12.1. The molecule has 0 saturated carbocycles. The Morgan fingerprint density at radius 2 is 2.18 bits per heavy atom. The molecule has 5 heteroatoms. The highest BCUT2D eigenvalue weighted by Gasteiger charge is 2.07. The Morgan fingerprint density at radius 1 is 1.41 bits per heavy atom. The number of hydrogen-bond donors (Lipinski definition) is 1. The predicted octanol–water partition coefficient (Wildman–Crippen LogP) is 2.73. The van der Waals surface area contributed by atoms with E-state index in [1.807, 2.05) is 30.3 Å². The second kappa shape index (κ2) is 5.16. The lowest BCUT2D eigenvalue weighted by Gasteiger charge is -2.03. The van der Waals surface area contributed by atoms with Gasteiger partial charge in [0.25, 0.3) is 0 Å². The van der Waals surface area contributed by atoms with Crippen molar-refractivity contribution < 1.29 is 13.9 Å². The van der Waals surface area contributed by atoms with Gasteiger partial charge in [-0.2, -0.15) is 0 Å². The van der Waals surface area contributed by atoms with Crippen LogP contribution in [0, 0.1) is 6.92 Å². The summed E-state index contributed by atoms with van der Waals surface area (Å²) in [6.07, 6.45) is 0.933. The van der Waals surface area contributed by atoms with Crippen molar-refractivity contribution in [2.45, 2.75) is 13.5 Å². The van der Waals surface area contributed by atoms with Crippen LogP contribution >= 0.6 is 0 Å². The highest BCUT2D eigenvalue weighted by atomic mass is 16.6. The van der Waals surface area contributed by atoms with Crippen LogP contribution in [0.3, 0.4) is 0 Å². The number of amides is 1. The van der Waals surface area contributed by atoms with E-state index in [0.717, 1.165) is 5.56 Å². The summed E-state index contributed by atoms with van der Waals surface area (Å²) in [4.78, 5) is 15.2. The smallest absolute Gasteiger partial charge is 0.415 e. The van der Waals surface area contributed by atoms with Crippen LogP contribution in [-0.2, 0) is 11.3 Å². The van der Waals surface area contributed by atoms with Gasteiger partial charge in [0.15, 0.2) is 0 Å². The van der Waals surface area contributed by atoms with Gasteiger partial charge >= 0.3 is 12.1 Å². The SMILES string of the molecule is Cc1cnc(NC(=O)OCc2ccccc2)o1. The topological polar surface area (TPSA) is 64.4 Å². The standard InChI is InChI=1S/C12H12N2O3/c1-9-7-13-11(17-9)14-12(15)16-8-10-5-3-2-4-6-10/h2-7H,8H2,1H3,(H,13,14,15). The Balaban J connectivity index is 1.82. The van der Waals surface area contributed by atoms with E-state index in [-0.39, 0.29) is 12.6 Å². The summed E-state index contributed by atoms with van der Waals surface area (Å²) in [5.41, 5.74) is 0.922. The molecule has 0 bridgehead atoms. The van der Waals surface area contributed by atoms with Crippen LogP contribution in [0.1, 0.15) is 11.3 Å².